The van der Waals surface area contributed by atoms with Crippen molar-refractivity contribution in [2.75, 3.05) is 18.5 Å². The number of rotatable bonds is 5. The number of benzene rings is 1. The molecule has 0 bridgehead atoms. The highest BCUT2D eigenvalue weighted by molar-refractivity contribution is 6.23. The van der Waals surface area contributed by atoms with Crippen molar-refractivity contribution in [1.82, 2.24) is 15.5 Å². The normalized spacial score (nSPS) is 26.6. The van der Waals surface area contributed by atoms with Crippen LogP contribution < -0.4 is 15.5 Å². The third kappa shape index (κ3) is 3.49. The van der Waals surface area contributed by atoms with Gasteiger partial charge in [0.1, 0.15) is 6.04 Å². The van der Waals surface area contributed by atoms with Crippen LogP contribution in [0.4, 0.5) is 5.69 Å². The van der Waals surface area contributed by atoms with Crippen LogP contribution in [-0.4, -0.2) is 60.2 Å². The van der Waals surface area contributed by atoms with Gasteiger partial charge in [0.25, 0.3) is 11.8 Å². The van der Waals surface area contributed by atoms with Crippen LogP contribution in [0.2, 0.25) is 0 Å². The van der Waals surface area contributed by atoms with E-state index in [0.29, 0.717) is 23.2 Å². The van der Waals surface area contributed by atoms with Gasteiger partial charge in [-0.05, 0) is 44.0 Å². The van der Waals surface area contributed by atoms with Crippen molar-refractivity contribution < 1.29 is 19.2 Å². The molecule has 1 saturated heterocycles. The van der Waals surface area contributed by atoms with Gasteiger partial charge in [-0.1, -0.05) is 19.8 Å². The van der Waals surface area contributed by atoms with Gasteiger partial charge in [0.05, 0.1) is 11.1 Å². The van der Waals surface area contributed by atoms with E-state index in [0.717, 1.165) is 30.0 Å². The molecule has 1 saturated carbocycles. The summed E-state index contributed by atoms with van der Waals surface area (Å²) >= 11 is 0. The second-order valence-corrected chi connectivity index (χ2v) is 8.30. The Kier molecular flexibility index (Phi) is 5.60. The average Bonchev–Trinajstić information content (AvgIpc) is 2.98. The van der Waals surface area contributed by atoms with Crippen LogP contribution in [-0.2, 0) is 9.59 Å². The van der Waals surface area contributed by atoms with E-state index in [1.165, 1.54) is 12.8 Å². The lowest BCUT2D eigenvalue weighted by Gasteiger charge is -2.39. The smallest absolute Gasteiger partial charge is 0.262 e. The summed E-state index contributed by atoms with van der Waals surface area (Å²) < 4.78 is 0. The molecule has 160 valence electrons. The number of anilines is 1. The zero-order chi connectivity index (χ0) is 21.4. The Balaban J connectivity index is 1.59. The molecule has 4 amide bonds. The summed E-state index contributed by atoms with van der Waals surface area (Å²) in [6.45, 7) is 3.02. The standard InChI is InChI=1S/C22H28N4O4/c1-3-23-16-6-4-5-7-17(16)25(2)13-8-9-14-15(12-13)22(30)26(21(14)29)18-10-11-19(27)24-20(18)28/h8-9,12,16-18,23H,3-7,10-11H2,1-2H3,(H,24,27,28)/t16-,17-,18?/m0/s1. The van der Waals surface area contributed by atoms with Crippen molar-refractivity contribution in [1.29, 1.82) is 0 Å². The van der Waals surface area contributed by atoms with Gasteiger partial charge in [0.2, 0.25) is 11.8 Å². The lowest BCUT2D eigenvalue weighted by Crippen LogP contribution is -2.54. The topological polar surface area (TPSA) is 98.8 Å². The predicted molar refractivity (Wildman–Crippen MR) is 111 cm³/mol. The summed E-state index contributed by atoms with van der Waals surface area (Å²) in [4.78, 5) is 52.8. The molecule has 3 atom stereocenters. The summed E-state index contributed by atoms with van der Waals surface area (Å²) in [5.41, 5.74) is 1.52. The van der Waals surface area contributed by atoms with Crippen LogP contribution in [0.15, 0.2) is 18.2 Å². The molecule has 2 N–H and O–H groups in total. The largest absolute Gasteiger partial charge is 0.370 e. The Morgan fingerprint density at radius 2 is 1.80 bits per heavy atom. The Morgan fingerprint density at radius 1 is 1.07 bits per heavy atom. The Morgan fingerprint density at radius 3 is 2.53 bits per heavy atom. The van der Waals surface area contributed by atoms with E-state index in [1.807, 2.05) is 13.1 Å². The first-order valence-electron chi connectivity index (χ1n) is 10.7. The minimum atomic E-state index is -0.937. The lowest BCUT2D eigenvalue weighted by atomic mass is 9.89. The van der Waals surface area contributed by atoms with Gasteiger partial charge >= 0.3 is 0 Å². The zero-order valence-corrected chi connectivity index (χ0v) is 17.4. The van der Waals surface area contributed by atoms with Crippen LogP contribution in [0.3, 0.4) is 0 Å². The Bertz CT molecular complexity index is 897. The number of amides is 4. The molecule has 2 aliphatic heterocycles. The maximum atomic E-state index is 13.1. The molecule has 0 aromatic heterocycles. The van der Waals surface area contributed by atoms with Gasteiger partial charge in [0.15, 0.2) is 0 Å². The molecular formula is C22H28N4O4. The van der Waals surface area contributed by atoms with Crippen LogP contribution in [0, 0.1) is 0 Å². The summed E-state index contributed by atoms with van der Waals surface area (Å²) in [7, 11) is 2.03. The quantitative estimate of drug-likeness (QED) is 0.710. The number of hydrogen-bond acceptors (Lipinski definition) is 6. The first-order valence-corrected chi connectivity index (χ1v) is 10.7. The molecule has 4 rings (SSSR count). The Hall–Kier alpha value is -2.74. The van der Waals surface area contributed by atoms with Crippen LogP contribution in [0.25, 0.3) is 0 Å². The molecule has 0 spiro atoms. The minimum absolute atomic E-state index is 0.116. The van der Waals surface area contributed by atoms with Gasteiger partial charge in [-0.15, -0.1) is 0 Å². The van der Waals surface area contributed by atoms with Crippen molar-refractivity contribution in [2.45, 2.75) is 63.6 Å². The van der Waals surface area contributed by atoms with E-state index >= 15 is 0 Å². The summed E-state index contributed by atoms with van der Waals surface area (Å²) in [5.74, 6) is -1.90. The molecule has 1 aliphatic carbocycles. The summed E-state index contributed by atoms with van der Waals surface area (Å²) in [5, 5.41) is 5.79. The molecule has 1 aromatic rings. The summed E-state index contributed by atoms with van der Waals surface area (Å²) in [6.07, 6.45) is 4.85. The van der Waals surface area contributed by atoms with Gasteiger partial charge in [-0.2, -0.15) is 0 Å². The lowest BCUT2D eigenvalue weighted by molar-refractivity contribution is -0.136. The first kappa shape index (κ1) is 20.5. The van der Waals surface area contributed by atoms with Crippen LogP contribution in [0.5, 0.6) is 0 Å². The van der Waals surface area contributed by atoms with E-state index in [9.17, 15) is 19.2 Å². The summed E-state index contributed by atoms with van der Waals surface area (Å²) in [6, 6.07) is 5.08. The van der Waals surface area contributed by atoms with Crippen molar-refractivity contribution >= 4 is 29.3 Å². The number of nitrogens with one attached hydrogen (secondary N) is 2. The fourth-order valence-corrected chi connectivity index (χ4v) is 4.95. The molecule has 0 radical (unpaired) electrons. The van der Waals surface area contributed by atoms with Crippen LogP contribution in [0.1, 0.15) is 66.2 Å². The second-order valence-electron chi connectivity index (χ2n) is 8.30. The van der Waals surface area contributed by atoms with E-state index in [4.69, 9.17) is 0 Å². The highest BCUT2D eigenvalue weighted by atomic mass is 16.2. The number of fused-ring (bicyclic) bond motifs is 1. The maximum Gasteiger partial charge on any atom is 0.262 e. The molecule has 2 fully saturated rings. The van der Waals surface area contributed by atoms with E-state index in [2.05, 4.69) is 22.5 Å². The number of carbonyl (C=O) groups is 4. The molecule has 1 aromatic carbocycles. The van der Waals surface area contributed by atoms with Crippen LogP contribution >= 0.6 is 0 Å². The third-order valence-corrected chi connectivity index (χ3v) is 6.52. The third-order valence-electron chi connectivity index (χ3n) is 6.52. The molecule has 8 heteroatoms. The van der Waals surface area contributed by atoms with Gasteiger partial charge in [-0.25, -0.2) is 0 Å². The zero-order valence-electron chi connectivity index (χ0n) is 17.4. The highest BCUT2D eigenvalue weighted by Crippen LogP contribution is 2.32. The molecule has 1 unspecified atom stereocenters. The maximum absolute atomic E-state index is 13.1. The molecule has 3 aliphatic rings. The predicted octanol–water partition coefficient (Wildman–Crippen LogP) is 1.44. The number of likely N-dealkylation sites (N-methyl/N-ethyl adjacent to an activating group) is 2. The molecule has 30 heavy (non-hydrogen) atoms. The number of carbonyl (C=O) groups excluding carboxylic acids is 4. The van der Waals surface area contributed by atoms with Crippen molar-refractivity contribution in [3.05, 3.63) is 29.3 Å². The highest BCUT2D eigenvalue weighted by Gasteiger charge is 2.44. The van der Waals surface area contributed by atoms with E-state index in [-0.39, 0.29) is 18.7 Å². The van der Waals surface area contributed by atoms with Gasteiger partial charge < -0.3 is 10.2 Å². The molecular weight excluding hydrogens is 384 g/mol. The van der Waals surface area contributed by atoms with E-state index in [1.54, 1.807) is 12.1 Å². The van der Waals surface area contributed by atoms with Gasteiger partial charge in [-0.3, -0.25) is 29.4 Å². The monoisotopic (exact) mass is 412 g/mol. The number of nitrogens with zero attached hydrogens (tertiary/aromatic N) is 2. The second kappa shape index (κ2) is 8.18. The SMILES string of the molecule is CCN[C@H]1CCCC[C@@H]1N(C)c1ccc2c(c1)C(=O)N(C1CCC(=O)NC1=O)C2=O. The molecule has 2 heterocycles. The van der Waals surface area contributed by atoms with Crippen molar-refractivity contribution in [2.24, 2.45) is 0 Å². The minimum Gasteiger partial charge on any atom is -0.370 e. The van der Waals surface area contributed by atoms with E-state index < -0.39 is 23.8 Å². The first-order chi connectivity index (χ1) is 14.4. The number of hydrogen-bond donors (Lipinski definition) is 2. The van der Waals surface area contributed by atoms with Gasteiger partial charge in [0, 0.05) is 31.2 Å². The fourth-order valence-electron chi connectivity index (χ4n) is 4.95. The van der Waals surface area contributed by atoms with Crippen molar-refractivity contribution in [3.63, 3.8) is 0 Å². The number of imide groups is 2. The van der Waals surface area contributed by atoms with Crippen molar-refractivity contribution in [3.8, 4) is 0 Å². The number of piperidine rings is 1. The molecule has 8 nitrogen and oxygen atoms in total. The average molecular weight is 412 g/mol. The Labute approximate surface area is 176 Å². The fraction of sp³-hybridized carbons (Fsp3) is 0.545.